The number of hydrogen-bond donors (Lipinski definition) is 1. The predicted molar refractivity (Wildman–Crippen MR) is 106 cm³/mol. The van der Waals surface area contributed by atoms with E-state index < -0.39 is 11.8 Å². The van der Waals surface area contributed by atoms with Crippen LogP contribution in [0.5, 0.6) is 0 Å². The first-order valence-corrected chi connectivity index (χ1v) is 10.2. The van der Waals surface area contributed by atoms with Crippen LogP contribution in [-0.4, -0.2) is 53.0 Å². The molecule has 4 rings (SSSR count). The second kappa shape index (κ2) is 7.61. The number of aromatic nitrogens is 2. The molecule has 6 nitrogen and oxygen atoms in total. The van der Waals surface area contributed by atoms with Gasteiger partial charge < -0.3 is 15.0 Å². The molecule has 1 N–H and O–H groups in total. The summed E-state index contributed by atoms with van der Waals surface area (Å²) in [5.74, 6) is -0.377. The summed E-state index contributed by atoms with van der Waals surface area (Å²) >= 11 is 7.38. The fraction of sp³-hybridized carbons (Fsp3) is 0.444. The molecule has 144 valence electrons. The highest BCUT2D eigenvalue weighted by Crippen LogP contribution is 2.37. The maximum atomic E-state index is 13.8. The predicted octanol–water partition coefficient (Wildman–Crippen LogP) is 4.03. The maximum Gasteiger partial charge on any atom is 0.360 e. The number of nitrogens with one attached hydrogen (secondary N) is 1. The van der Waals surface area contributed by atoms with Crippen molar-refractivity contribution >= 4 is 49.9 Å². The Morgan fingerprint density at radius 1 is 1.41 bits per heavy atom. The van der Waals surface area contributed by atoms with E-state index in [0.29, 0.717) is 27.5 Å². The van der Waals surface area contributed by atoms with Crippen LogP contribution in [0.25, 0.3) is 15.2 Å². The molecule has 1 aromatic carbocycles. The molecular formula is C18H20ClFN4O2S. The summed E-state index contributed by atoms with van der Waals surface area (Å²) in [4.78, 5) is 19.8. The van der Waals surface area contributed by atoms with Gasteiger partial charge in [-0.05, 0) is 45.0 Å². The van der Waals surface area contributed by atoms with E-state index in [1.54, 1.807) is 13.0 Å². The number of halogens is 2. The van der Waals surface area contributed by atoms with Gasteiger partial charge in [-0.3, -0.25) is 4.40 Å². The van der Waals surface area contributed by atoms with E-state index >= 15 is 0 Å². The van der Waals surface area contributed by atoms with E-state index in [1.165, 1.54) is 30.2 Å². The molecule has 0 aliphatic carbocycles. The third-order valence-corrected chi connectivity index (χ3v) is 6.25. The normalized spacial score (nSPS) is 15.1. The highest BCUT2D eigenvalue weighted by atomic mass is 35.5. The summed E-state index contributed by atoms with van der Waals surface area (Å²) in [6.07, 6.45) is 2.45. The van der Waals surface area contributed by atoms with Crippen LogP contribution in [0.1, 0.15) is 30.3 Å². The summed E-state index contributed by atoms with van der Waals surface area (Å²) in [5.41, 5.74) is 0.958. The quantitative estimate of drug-likeness (QED) is 0.622. The van der Waals surface area contributed by atoms with Crippen molar-refractivity contribution in [2.75, 3.05) is 38.1 Å². The SMILES string of the molecule is CCOC(=O)c1nc2sc3c(Cl)c(F)ccc3n2c1NCCN1CCCC1. The summed E-state index contributed by atoms with van der Waals surface area (Å²) in [6, 6.07) is 2.98. The number of carbonyl (C=O) groups excluding carboxylic acids is 1. The lowest BCUT2D eigenvalue weighted by Crippen LogP contribution is -2.26. The van der Waals surface area contributed by atoms with Gasteiger partial charge in [0, 0.05) is 13.1 Å². The number of carbonyl (C=O) groups is 1. The number of rotatable bonds is 6. The van der Waals surface area contributed by atoms with Gasteiger partial charge in [-0.1, -0.05) is 22.9 Å². The maximum absolute atomic E-state index is 13.8. The summed E-state index contributed by atoms with van der Waals surface area (Å²) in [5, 5.41) is 3.42. The summed E-state index contributed by atoms with van der Waals surface area (Å²) < 4.78 is 21.4. The Balaban J connectivity index is 1.74. The lowest BCUT2D eigenvalue weighted by atomic mass is 10.3. The molecule has 0 saturated carbocycles. The molecule has 9 heteroatoms. The minimum atomic E-state index is -0.474. The summed E-state index contributed by atoms with van der Waals surface area (Å²) in [6.45, 7) is 5.79. The van der Waals surface area contributed by atoms with Crippen molar-refractivity contribution in [3.05, 3.63) is 28.7 Å². The average molecular weight is 411 g/mol. The van der Waals surface area contributed by atoms with Crippen LogP contribution in [0.4, 0.5) is 10.2 Å². The second-order valence-electron chi connectivity index (χ2n) is 6.43. The molecular weight excluding hydrogens is 391 g/mol. The van der Waals surface area contributed by atoms with Crippen LogP contribution in [0.2, 0.25) is 5.02 Å². The van der Waals surface area contributed by atoms with Gasteiger partial charge in [0.05, 0.1) is 21.8 Å². The molecule has 0 atom stereocenters. The minimum absolute atomic E-state index is 0.0729. The number of esters is 1. The zero-order chi connectivity index (χ0) is 19.0. The van der Waals surface area contributed by atoms with Gasteiger partial charge in [-0.2, -0.15) is 0 Å². The number of ether oxygens (including phenoxy) is 1. The topological polar surface area (TPSA) is 58.9 Å². The molecule has 2 aromatic heterocycles. The number of hydrogen-bond acceptors (Lipinski definition) is 6. The van der Waals surface area contributed by atoms with Crippen LogP contribution in [0.3, 0.4) is 0 Å². The molecule has 1 aliphatic rings. The monoisotopic (exact) mass is 410 g/mol. The Kier molecular flexibility index (Phi) is 5.21. The van der Waals surface area contributed by atoms with E-state index in [-0.39, 0.29) is 17.3 Å². The van der Waals surface area contributed by atoms with E-state index in [9.17, 15) is 9.18 Å². The smallest absolute Gasteiger partial charge is 0.360 e. The van der Waals surface area contributed by atoms with Crippen molar-refractivity contribution in [2.24, 2.45) is 0 Å². The number of anilines is 1. The molecule has 1 saturated heterocycles. The molecule has 0 radical (unpaired) electrons. The van der Waals surface area contributed by atoms with Crippen molar-refractivity contribution in [3.63, 3.8) is 0 Å². The van der Waals surface area contributed by atoms with Gasteiger partial charge in [0.2, 0.25) is 0 Å². The van der Waals surface area contributed by atoms with Crippen molar-refractivity contribution < 1.29 is 13.9 Å². The number of fused-ring (bicyclic) bond motifs is 3. The minimum Gasteiger partial charge on any atom is -0.461 e. The Bertz CT molecular complexity index is 996. The molecule has 27 heavy (non-hydrogen) atoms. The number of likely N-dealkylation sites (tertiary alicyclic amines) is 1. The fourth-order valence-corrected chi connectivity index (χ4v) is 4.75. The first-order chi connectivity index (χ1) is 13.1. The molecule has 1 aliphatic heterocycles. The molecule has 3 heterocycles. The zero-order valence-electron chi connectivity index (χ0n) is 14.9. The molecule has 0 bridgehead atoms. The van der Waals surface area contributed by atoms with Crippen LogP contribution >= 0.6 is 22.9 Å². The molecule has 0 unspecified atom stereocenters. The highest BCUT2D eigenvalue weighted by Gasteiger charge is 2.24. The largest absolute Gasteiger partial charge is 0.461 e. The van der Waals surface area contributed by atoms with E-state index in [4.69, 9.17) is 16.3 Å². The van der Waals surface area contributed by atoms with Crippen molar-refractivity contribution in [2.45, 2.75) is 19.8 Å². The van der Waals surface area contributed by atoms with Crippen LogP contribution in [0, 0.1) is 5.82 Å². The Labute approximate surface area is 164 Å². The van der Waals surface area contributed by atoms with Gasteiger partial charge in [0.15, 0.2) is 10.7 Å². The third kappa shape index (κ3) is 3.37. The number of benzene rings is 1. The van der Waals surface area contributed by atoms with E-state index in [1.807, 2.05) is 4.40 Å². The number of nitrogens with zero attached hydrogens (tertiary/aromatic N) is 3. The van der Waals surface area contributed by atoms with Crippen LogP contribution in [0.15, 0.2) is 12.1 Å². The van der Waals surface area contributed by atoms with Crippen molar-refractivity contribution in [3.8, 4) is 0 Å². The van der Waals surface area contributed by atoms with Crippen molar-refractivity contribution in [1.82, 2.24) is 14.3 Å². The lowest BCUT2D eigenvalue weighted by Gasteiger charge is -2.15. The highest BCUT2D eigenvalue weighted by molar-refractivity contribution is 7.24. The average Bonchev–Trinajstić information content (AvgIpc) is 3.35. The number of imidazole rings is 1. The summed E-state index contributed by atoms with van der Waals surface area (Å²) in [7, 11) is 0. The van der Waals surface area contributed by atoms with Gasteiger partial charge in [-0.15, -0.1) is 0 Å². The second-order valence-corrected chi connectivity index (χ2v) is 7.79. The standard InChI is InChI=1S/C18H20ClFN4O2S/c1-2-26-17(25)14-16(21-7-10-23-8-3-4-9-23)24-12-6-5-11(20)13(19)15(12)27-18(24)22-14/h5-6,21H,2-4,7-10H2,1H3. The third-order valence-electron chi connectivity index (χ3n) is 4.70. The molecule has 3 aromatic rings. The molecule has 1 fully saturated rings. The first-order valence-electron chi connectivity index (χ1n) is 9.02. The van der Waals surface area contributed by atoms with Crippen molar-refractivity contribution in [1.29, 1.82) is 0 Å². The zero-order valence-corrected chi connectivity index (χ0v) is 16.5. The van der Waals surface area contributed by atoms with E-state index in [2.05, 4.69) is 15.2 Å². The van der Waals surface area contributed by atoms with Crippen LogP contribution < -0.4 is 5.32 Å². The fourth-order valence-electron chi connectivity index (χ4n) is 3.42. The number of thiazole rings is 1. The van der Waals surface area contributed by atoms with Gasteiger partial charge >= 0.3 is 5.97 Å². The van der Waals surface area contributed by atoms with Crippen LogP contribution in [-0.2, 0) is 4.74 Å². The first kappa shape index (κ1) is 18.5. The lowest BCUT2D eigenvalue weighted by molar-refractivity contribution is 0.0521. The molecule has 0 spiro atoms. The Hall–Kier alpha value is -1.90. The Morgan fingerprint density at radius 2 is 2.19 bits per heavy atom. The van der Waals surface area contributed by atoms with Gasteiger partial charge in [0.25, 0.3) is 0 Å². The molecule has 0 amide bonds. The van der Waals surface area contributed by atoms with Gasteiger partial charge in [-0.25, -0.2) is 14.2 Å². The Morgan fingerprint density at radius 3 is 2.93 bits per heavy atom. The van der Waals surface area contributed by atoms with Gasteiger partial charge in [0.1, 0.15) is 11.6 Å². The van der Waals surface area contributed by atoms with E-state index in [0.717, 1.165) is 19.6 Å².